The van der Waals surface area contributed by atoms with E-state index in [0.717, 1.165) is 11.1 Å². The van der Waals surface area contributed by atoms with Gasteiger partial charge in [-0.1, -0.05) is 41.4 Å². The van der Waals surface area contributed by atoms with Crippen molar-refractivity contribution in [1.82, 2.24) is 9.97 Å². The van der Waals surface area contributed by atoms with E-state index in [4.69, 9.17) is 37.7 Å². The van der Waals surface area contributed by atoms with Gasteiger partial charge >= 0.3 is 5.97 Å². The monoisotopic (exact) mass is 412 g/mol. The van der Waals surface area contributed by atoms with Crippen molar-refractivity contribution in [1.29, 1.82) is 0 Å². The lowest BCUT2D eigenvalue weighted by Crippen LogP contribution is -2.06. The highest BCUT2D eigenvalue weighted by Gasteiger charge is 2.24. The smallest absolute Gasteiger partial charge is 0.335 e. The molecule has 1 N–H and O–H groups in total. The lowest BCUT2D eigenvalue weighted by Gasteiger charge is -2.14. The van der Waals surface area contributed by atoms with Gasteiger partial charge in [0.05, 0.1) is 26.9 Å². The molecule has 2 heterocycles. The lowest BCUT2D eigenvalue weighted by molar-refractivity contribution is -0.132. The number of hydrogen-bond donors (Lipinski definition) is 1. The van der Waals surface area contributed by atoms with Crippen LogP contribution in [0.3, 0.4) is 0 Å². The molecule has 0 bridgehead atoms. The number of allylic oxidation sites excluding steroid dienone is 2. The summed E-state index contributed by atoms with van der Waals surface area (Å²) in [5, 5.41) is 10.0. The second kappa shape index (κ2) is 7.62. The van der Waals surface area contributed by atoms with Gasteiger partial charge in [-0.25, -0.2) is 9.78 Å². The maximum absolute atomic E-state index is 11.2. The number of benzene rings is 1. The molecule has 1 aliphatic rings. The Labute approximate surface area is 171 Å². The average Bonchev–Trinajstić information content (AvgIpc) is 3.16. The van der Waals surface area contributed by atoms with Crippen molar-refractivity contribution < 1.29 is 14.3 Å². The van der Waals surface area contributed by atoms with E-state index in [1.807, 2.05) is 18.2 Å². The minimum Gasteiger partial charge on any atom is -0.478 e. The van der Waals surface area contributed by atoms with E-state index in [9.17, 15) is 4.79 Å². The molecule has 0 fully saturated rings. The van der Waals surface area contributed by atoms with Gasteiger partial charge in [-0.2, -0.15) is 0 Å². The van der Waals surface area contributed by atoms with Crippen molar-refractivity contribution in [2.75, 3.05) is 0 Å². The number of halogens is 2. The molecular weight excluding hydrogens is 399 g/mol. The lowest BCUT2D eigenvalue weighted by atomic mass is 9.92. The zero-order valence-corrected chi connectivity index (χ0v) is 16.0. The molecule has 0 spiro atoms. The van der Waals surface area contributed by atoms with Gasteiger partial charge in [0.25, 0.3) is 0 Å². The number of aromatic nitrogens is 2. The SMILES string of the molecule is O=C(O)C1=CCC(c2nc(-c3cccnc3)oc2-c2ccc(Cl)c(Cl)c2)C=C1. The molecule has 1 aliphatic carbocycles. The third-order valence-electron chi connectivity index (χ3n) is 4.44. The molecule has 0 saturated heterocycles. The molecule has 1 aromatic carbocycles. The molecule has 0 saturated carbocycles. The van der Waals surface area contributed by atoms with E-state index in [1.165, 1.54) is 0 Å². The highest BCUT2D eigenvalue weighted by Crippen LogP contribution is 2.39. The van der Waals surface area contributed by atoms with Crippen LogP contribution in [-0.2, 0) is 4.79 Å². The molecule has 28 heavy (non-hydrogen) atoms. The highest BCUT2D eigenvalue weighted by molar-refractivity contribution is 6.42. The molecule has 1 unspecified atom stereocenters. The van der Waals surface area contributed by atoms with Crippen LogP contribution in [0.5, 0.6) is 0 Å². The van der Waals surface area contributed by atoms with Crippen molar-refractivity contribution in [3.63, 3.8) is 0 Å². The quantitative estimate of drug-likeness (QED) is 0.588. The fourth-order valence-electron chi connectivity index (χ4n) is 3.02. The first-order chi connectivity index (χ1) is 13.5. The molecule has 0 radical (unpaired) electrons. The van der Waals surface area contributed by atoms with Crippen molar-refractivity contribution in [2.45, 2.75) is 12.3 Å². The Kier molecular flexibility index (Phi) is 5.03. The van der Waals surface area contributed by atoms with E-state index in [2.05, 4.69) is 4.98 Å². The summed E-state index contributed by atoms with van der Waals surface area (Å²) in [7, 11) is 0. The minimum absolute atomic E-state index is 0.123. The molecule has 7 heteroatoms. The second-order valence-electron chi connectivity index (χ2n) is 6.27. The maximum atomic E-state index is 11.2. The van der Waals surface area contributed by atoms with Crippen LogP contribution in [0.25, 0.3) is 22.8 Å². The largest absolute Gasteiger partial charge is 0.478 e. The predicted octanol–water partition coefficient (Wildman–Crippen LogP) is 5.76. The van der Waals surface area contributed by atoms with Gasteiger partial charge < -0.3 is 9.52 Å². The molecule has 0 aliphatic heterocycles. The zero-order chi connectivity index (χ0) is 19.7. The Balaban J connectivity index is 1.80. The first-order valence-electron chi connectivity index (χ1n) is 8.51. The number of carboxylic acid groups (broad SMARTS) is 1. The van der Waals surface area contributed by atoms with E-state index in [0.29, 0.717) is 33.8 Å². The van der Waals surface area contributed by atoms with Crippen LogP contribution in [0.15, 0.2) is 70.9 Å². The fourth-order valence-corrected chi connectivity index (χ4v) is 3.32. The molecule has 5 nitrogen and oxygen atoms in total. The summed E-state index contributed by atoms with van der Waals surface area (Å²) in [6.45, 7) is 0. The number of aliphatic carboxylic acids is 1. The number of carboxylic acids is 1. The fraction of sp³-hybridized carbons (Fsp3) is 0.0952. The van der Waals surface area contributed by atoms with Crippen LogP contribution in [0.4, 0.5) is 0 Å². The minimum atomic E-state index is -0.949. The van der Waals surface area contributed by atoms with E-state index >= 15 is 0 Å². The van der Waals surface area contributed by atoms with E-state index in [1.54, 1.807) is 42.7 Å². The molecule has 0 amide bonds. The standard InChI is InChI=1S/C21H14Cl2N2O3/c22-16-8-7-14(10-17(16)23)19-18(12-3-5-13(6-4-12)21(26)27)25-20(28-19)15-2-1-9-24-11-15/h1-3,5-12H,4H2,(H,26,27). The molecule has 140 valence electrons. The Bertz CT molecular complexity index is 1100. The summed E-state index contributed by atoms with van der Waals surface area (Å²) < 4.78 is 6.09. The summed E-state index contributed by atoms with van der Waals surface area (Å²) >= 11 is 12.2. The molecule has 2 aromatic heterocycles. The average molecular weight is 413 g/mol. The summed E-state index contributed by atoms with van der Waals surface area (Å²) in [5.74, 6) is -0.0674. The zero-order valence-electron chi connectivity index (χ0n) is 14.5. The summed E-state index contributed by atoms with van der Waals surface area (Å²) in [5.41, 5.74) is 2.46. The maximum Gasteiger partial charge on any atom is 0.335 e. The van der Waals surface area contributed by atoms with Crippen LogP contribution < -0.4 is 0 Å². The van der Waals surface area contributed by atoms with Gasteiger partial charge in [0.1, 0.15) is 0 Å². The van der Waals surface area contributed by atoms with Gasteiger partial charge in [0.15, 0.2) is 5.76 Å². The third kappa shape index (κ3) is 3.59. The topological polar surface area (TPSA) is 76.2 Å². The number of nitrogens with zero attached hydrogens (tertiary/aromatic N) is 2. The summed E-state index contributed by atoms with van der Waals surface area (Å²) in [6.07, 6.45) is 8.96. The first kappa shape index (κ1) is 18.5. The predicted molar refractivity (Wildman–Crippen MR) is 107 cm³/mol. The van der Waals surface area contributed by atoms with Crippen LogP contribution in [0, 0.1) is 0 Å². The van der Waals surface area contributed by atoms with Crippen LogP contribution in [-0.4, -0.2) is 21.0 Å². The van der Waals surface area contributed by atoms with Crippen molar-refractivity contribution in [3.8, 4) is 22.8 Å². The Morgan fingerprint density at radius 2 is 2.04 bits per heavy atom. The van der Waals surface area contributed by atoms with E-state index in [-0.39, 0.29) is 11.5 Å². The number of carbonyl (C=O) groups is 1. The number of oxazole rings is 1. The Hall–Kier alpha value is -2.89. The van der Waals surface area contributed by atoms with Crippen molar-refractivity contribution in [3.05, 3.63) is 82.3 Å². The van der Waals surface area contributed by atoms with Gasteiger partial charge in [-0.05, 0) is 36.8 Å². The van der Waals surface area contributed by atoms with Gasteiger partial charge in [-0.3, -0.25) is 4.98 Å². The molecular formula is C21H14Cl2N2O3. The summed E-state index contributed by atoms with van der Waals surface area (Å²) in [6, 6.07) is 8.91. The molecule has 1 atom stereocenters. The van der Waals surface area contributed by atoms with Gasteiger partial charge in [-0.15, -0.1) is 0 Å². The number of pyridine rings is 1. The normalized spacial score (nSPS) is 16.1. The number of rotatable bonds is 4. The van der Waals surface area contributed by atoms with Crippen molar-refractivity contribution >= 4 is 29.2 Å². The van der Waals surface area contributed by atoms with Crippen LogP contribution >= 0.6 is 23.2 Å². The Morgan fingerprint density at radius 3 is 2.68 bits per heavy atom. The number of hydrogen-bond acceptors (Lipinski definition) is 4. The van der Waals surface area contributed by atoms with Crippen LogP contribution in [0.2, 0.25) is 10.0 Å². The Morgan fingerprint density at radius 1 is 1.18 bits per heavy atom. The van der Waals surface area contributed by atoms with Gasteiger partial charge in [0.2, 0.25) is 5.89 Å². The first-order valence-corrected chi connectivity index (χ1v) is 9.26. The van der Waals surface area contributed by atoms with Crippen LogP contribution in [0.1, 0.15) is 18.0 Å². The molecule has 4 rings (SSSR count). The third-order valence-corrected chi connectivity index (χ3v) is 5.18. The van der Waals surface area contributed by atoms with Gasteiger partial charge in [0, 0.05) is 23.9 Å². The highest BCUT2D eigenvalue weighted by atomic mass is 35.5. The van der Waals surface area contributed by atoms with Crippen molar-refractivity contribution in [2.24, 2.45) is 0 Å². The molecule has 3 aromatic rings. The van der Waals surface area contributed by atoms with E-state index < -0.39 is 5.97 Å². The second-order valence-corrected chi connectivity index (χ2v) is 7.08. The summed E-state index contributed by atoms with van der Waals surface area (Å²) in [4.78, 5) is 20.0.